The number of piperidine rings is 1. The second-order valence-electron chi connectivity index (χ2n) is 7.75. The van der Waals surface area contributed by atoms with Gasteiger partial charge in [0, 0.05) is 6.54 Å². The summed E-state index contributed by atoms with van der Waals surface area (Å²) in [6.07, 6.45) is -9.95. The van der Waals surface area contributed by atoms with Crippen LogP contribution < -0.4 is 0 Å². The highest BCUT2D eigenvalue weighted by molar-refractivity contribution is 6.32. The molecule has 0 saturated carbocycles. The number of carbonyl (C=O) groups is 2. The molecule has 0 N–H and O–H groups in total. The summed E-state index contributed by atoms with van der Waals surface area (Å²) in [7, 11) is 1.06. The summed E-state index contributed by atoms with van der Waals surface area (Å²) in [6.45, 7) is -0.351. The minimum atomic E-state index is -4.98. The summed E-state index contributed by atoms with van der Waals surface area (Å²) < 4.78 is 89.3. The zero-order chi connectivity index (χ0) is 25.1. The van der Waals surface area contributed by atoms with Gasteiger partial charge in [-0.05, 0) is 42.2 Å². The highest BCUT2D eigenvalue weighted by atomic mass is 19.4. The van der Waals surface area contributed by atoms with E-state index in [0.717, 1.165) is 7.11 Å². The number of likely N-dealkylation sites (tertiary alicyclic amines) is 1. The lowest BCUT2D eigenvalue weighted by atomic mass is 9.92. The van der Waals surface area contributed by atoms with Gasteiger partial charge < -0.3 is 14.4 Å². The predicted octanol–water partition coefficient (Wildman–Crippen LogP) is 5.15. The fourth-order valence-corrected chi connectivity index (χ4v) is 3.92. The minimum absolute atomic E-state index is 0.0492. The van der Waals surface area contributed by atoms with E-state index in [1.807, 2.05) is 0 Å². The van der Waals surface area contributed by atoms with Crippen molar-refractivity contribution in [3.63, 3.8) is 0 Å². The molecule has 11 heteroatoms. The van der Waals surface area contributed by atoms with Crippen molar-refractivity contribution in [2.75, 3.05) is 13.7 Å². The van der Waals surface area contributed by atoms with E-state index in [-0.39, 0.29) is 18.2 Å². The molecule has 5 nitrogen and oxygen atoms in total. The van der Waals surface area contributed by atoms with Crippen molar-refractivity contribution >= 4 is 11.9 Å². The van der Waals surface area contributed by atoms with Gasteiger partial charge in [-0.15, -0.1) is 0 Å². The first-order valence-corrected chi connectivity index (χ1v) is 10.3. The largest absolute Gasteiger partial charge is 0.462 e. The molecule has 34 heavy (non-hydrogen) atoms. The molecule has 2 aromatic rings. The monoisotopic (exact) mass is 489 g/mol. The number of hydrogen-bond donors (Lipinski definition) is 0. The van der Waals surface area contributed by atoms with Gasteiger partial charge in [0.15, 0.2) is 0 Å². The van der Waals surface area contributed by atoms with Gasteiger partial charge in [0.25, 0.3) is 0 Å². The van der Waals surface area contributed by atoms with Crippen molar-refractivity contribution < 1.29 is 45.4 Å². The molecule has 2 atom stereocenters. The summed E-state index contributed by atoms with van der Waals surface area (Å²) in [6, 6.07) is 8.98. The molecule has 184 valence electrons. The highest BCUT2D eigenvalue weighted by Crippen LogP contribution is 2.38. The molecule has 0 spiro atoms. The molecule has 0 aliphatic carbocycles. The van der Waals surface area contributed by atoms with Crippen molar-refractivity contribution in [1.82, 2.24) is 4.90 Å². The Bertz CT molecular complexity index is 990. The molecule has 0 bridgehead atoms. The van der Waals surface area contributed by atoms with Crippen molar-refractivity contribution in [2.24, 2.45) is 0 Å². The van der Waals surface area contributed by atoms with Crippen LogP contribution >= 0.6 is 0 Å². The highest BCUT2D eigenvalue weighted by Gasteiger charge is 2.40. The van der Waals surface area contributed by atoms with Crippen LogP contribution in [0.5, 0.6) is 0 Å². The summed E-state index contributed by atoms with van der Waals surface area (Å²) in [5.74, 6) is -2.00. The molecule has 1 aliphatic heterocycles. The molecular weight excluding hydrogens is 468 g/mol. The zero-order valence-corrected chi connectivity index (χ0v) is 17.9. The Hall–Kier alpha value is -3.08. The van der Waals surface area contributed by atoms with E-state index in [9.17, 15) is 35.9 Å². The van der Waals surface area contributed by atoms with Crippen LogP contribution in [0.15, 0.2) is 48.5 Å². The minimum Gasteiger partial charge on any atom is -0.462 e. The first kappa shape index (κ1) is 25.5. The normalized spacial score (nSPS) is 19.1. The molecule has 3 rings (SSSR count). The summed E-state index contributed by atoms with van der Waals surface area (Å²) >= 11 is 0. The van der Waals surface area contributed by atoms with Crippen LogP contribution in [0.1, 0.15) is 41.1 Å². The molecule has 1 saturated heterocycles. The summed E-state index contributed by atoms with van der Waals surface area (Å²) in [4.78, 5) is 25.7. The number of hydrogen-bond acceptors (Lipinski definition) is 4. The third-order valence-corrected chi connectivity index (χ3v) is 5.45. The molecule has 0 radical (unpaired) electrons. The third kappa shape index (κ3) is 5.88. The number of benzene rings is 2. The zero-order valence-electron chi connectivity index (χ0n) is 17.9. The number of ether oxygens (including phenoxy) is 2. The molecular formula is C23H21F6NO4. The van der Waals surface area contributed by atoms with E-state index in [1.54, 1.807) is 30.3 Å². The van der Waals surface area contributed by atoms with Gasteiger partial charge in [0.1, 0.15) is 0 Å². The van der Waals surface area contributed by atoms with Gasteiger partial charge in [-0.1, -0.05) is 30.3 Å². The lowest BCUT2D eigenvalue weighted by molar-refractivity contribution is -0.163. The topological polar surface area (TPSA) is 55.8 Å². The average molecular weight is 489 g/mol. The van der Waals surface area contributed by atoms with Gasteiger partial charge in [-0.2, -0.15) is 26.3 Å². The fourth-order valence-electron chi connectivity index (χ4n) is 3.92. The third-order valence-electron chi connectivity index (χ3n) is 5.45. The van der Waals surface area contributed by atoms with Gasteiger partial charge >= 0.3 is 24.2 Å². The summed E-state index contributed by atoms with van der Waals surface area (Å²) in [5.41, 5.74) is -2.59. The van der Waals surface area contributed by atoms with Crippen molar-refractivity contribution in [3.05, 3.63) is 70.8 Å². The Morgan fingerprint density at radius 2 is 1.56 bits per heavy atom. The van der Waals surface area contributed by atoms with E-state index in [0.29, 0.717) is 30.5 Å². The summed E-state index contributed by atoms with van der Waals surface area (Å²) in [5, 5.41) is 0. The Kier molecular flexibility index (Phi) is 7.54. The van der Waals surface area contributed by atoms with Gasteiger partial charge in [-0.25, -0.2) is 4.79 Å². The SMILES string of the molecule is COC(=O)C(=O)N1CCC[C@H](OCc2cc(C(F)(F)F)cc(C(F)(F)F)c2)[C@@H]1c1ccccc1. The quantitative estimate of drug-likeness (QED) is 0.339. The first-order valence-electron chi connectivity index (χ1n) is 10.3. The van der Waals surface area contributed by atoms with Crippen molar-refractivity contribution in [2.45, 2.75) is 43.9 Å². The standard InChI is InChI=1S/C23H21F6NO4/c1-33-21(32)20(31)30-9-5-8-18(19(30)15-6-3-2-4-7-15)34-13-14-10-16(22(24,25)26)12-17(11-14)23(27,28)29/h2-4,6-7,10-12,18-19H,5,8-9,13H2,1H3/t18-,19-/m0/s1. The van der Waals surface area contributed by atoms with E-state index < -0.39 is 54.1 Å². The Morgan fingerprint density at radius 3 is 2.09 bits per heavy atom. The van der Waals surface area contributed by atoms with Crippen LogP contribution in [-0.2, 0) is 38.0 Å². The van der Waals surface area contributed by atoms with E-state index in [4.69, 9.17) is 4.74 Å². The average Bonchev–Trinajstić information content (AvgIpc) is 2.80. The van der Waals surface area contributed by atoms with E-state index in [1.165, 1.54) is 4.90 Å². The van der Waals surface area contributed by atoms with Crippen molar-refractivity contribution in [1.29, 1.82) is 0 Å². The fraction of sp³-hybridized carbons (Fsp3) is 0.391. The smallest absolute Gasteiger partial charge is 0.416 e. The molecule has 1 aliphatic rings. The van der Waals surface area contributed by atoms with Crippen LogP contribution in [0, 0.1) is 0 Å². The van der Waals surface area contributed by atoms with Gasteiger partial charge in [-0.3, -0.25) is 4.79 Å². The maximum absolute atomic E-state index is 13.2. The number of halogens is 6. The second-order valence-corrected chi connectivity index (χ2v) is 7.75. The molecule has 1 amide bonds. The number of amides is 1. The second kappa shape index (κ2) is 10.0. The van der Waals surface area contributed by atoms with Crippen LogP contribution in [-0.4, -0.2) is 36.5 Å². The van der Waals surface area contributed by atoms with Crippen LogP contribution in [0.3, 0.4) is 0 Å². The van der Waals surface area contributed by atoms with Crippen LogP contribution in [0.4, 0.5) is 26.3 Å². The maximum atomic E-state index is 13.2. The number of nitrogens with zero attached hydrogens (tertiary/aromatic N) is 1. The Morgan fingerprint density at radius 1 is 0.971 bits per heavy atom. The van der Waals surface area contributed by atoms with Gasteiger partial charge in [0.2, 0.25) is 0 Å². The van der Waals surface area contributed by atoms with Gasteiger partial charge in [0.05, 0.1) is 37.0 Å². The Labute approximate surface area is 191 Å². The number of esters is 1. The number of rotatable bonds is 4. The van der Waals surface area contributed by atoms with E-state index in [2.05, 4.69) is 4.74 Å². The molecule has 1 fully saturated rings. The molecule has 0 unspecified atom stereocenters. The molecule has 1 heterocycles. The lowest BCUT2D eigenvalue weighted by Crippen LogP contribution is -2.48. The lowest BCUT2D eigenvalue weighted by Gasteiger charge is -2.40. The molecule has 0 aromatic heterocycles. The number of methoxy groups -OCH3 is 1. The Balaban J connectivity index is 1.91. The number of carbonyl (C=O) groups excluding carboxylic acids is 2. The predicted molar refractivity (Wildman–Crippen MR) is 107 cm³/mol. The first-order chi connectivity index (χ1) is 15.9. The van der Waals surface area contributed by atoms with Crippen molar-refractivity contribution in [3.8, 4) is 0 Å². The van der Waals surface area contributed by atoms with E-state index >= 15 is 0 Å². The number of alkyl halides is 6. The van der Waals surface area contributed by atoms with Crippen LogP contribution in [0.2, 0.25) is 0 Å². The molecule has 2 aromatic carbocycles. The van der Waals surface area contributed by atoms with Crippen LogP contribution in [0.25, 0.3) is 0 Å². The maximum Gasteiger partial charge on any atom is 0.416 e.